The third kappa shape index (κ3) is 9.50. The van der Waals surface area contributed by atoms with E-state index in [0.29, 0.717) is 29.5 Å². The number of hydrogen-bond donors (Lipinski definition) is 0. The molecule has 0 fully saturated rings. The van der Waals surface area contributed by atoms with Crippen molar-refractivity contribution in [3.8, 4) is 67.8 Å². The minimum Gasteiger partial charge on any atom is -0.493 e. The van der Waals surface area contributed by atoms with Crippen molar-refractivity contribution in [1.82, 2.24) is 18.7 Å². The van der Waals surface area contributed by atoms with Gasteiger partial charge in [0.05, 0.1) is 6.61 Å². The zero-order chi connectivity index (χ0) is 57.8. The molecule has 0 amide bonds. The van der Waals surface area contributed by atoms with Gasteiger partial charge in [-0.25, -0.2) is 0 Å². The summed E-state index contributed by atoms with van der Waals surface area (Å²) >= 11 is 2.51. The Morgan fingerprint density at radius 1 is 0.532 bits per heavy atom. The molecule has 3 aromatic heterocycles. The average molecular weight is 1220 g/mol. The molecule has 0 aliphatic carbocycles. The molecule has 1 aliphatic heterocycles. The van der Waals surface area contributed by atoms with Crippen molar-refractivity contribution in [3.63, 3.8) is 0 Å². The number of para-hydroxylation sites is 3. The number of hydrogen-bond acceptors (Lipinski definition) is 3. The fourth-order valence-electron chi connectivity index (χ4n) is 11.4. The number of pyridine rings is 1. The maximum absolute atomic E-state index is 8.86. The van der Waals surface area contributed by atoms with E-state index in [9.17, 15) is 0 Å². The number of aryl methyl sites for hydroxylation is 1. The molecular weight excluding hydrogens is 1150 g/mol. The molecule has 0 spiro atoms. The molecule has 0 atom stereocenters. The molecule has 0 radical (unpaired) electrons. The Hall–Kier alpha value is -7.53. The van der Waals surface area contributed by atoms with E-state index in [1.165, 1.54) is 22.3 Å². The summed E-state index contributed by atoms with van der Waals surface area (Å²) in [6, 6.07) is 62.0. The third-order valence-electron chi connectivity index (χ3n) is 16.1. The normalized spacial score (nSPS) is 14.5. The monoisotopic (exact) mass is 1220 g/mol. The van der Waals surface area contributed by atoms with Crippen LogP contribution in [-0.2, 0) is 41.0 Å². The molecule has 11 aromatic rings. The van der Waals surface area contributed by atoms with Crippen molar-refractivity contribution in [2.75, 3.05) is 6.61 Å². The zero-order valence-corrected chi connectivity index (χ0v) is 49.4. The van der Waals surface area contributed by atoms with Crippen molar-refractivity contribution in [2.24, 2.45) is 0 Å². The Bertz CT molecular complexity index is 4340. The van der Waals surface area contributed by atoms with Gasteiger partial charge in [0.2, 0.25) is 0 Å². The average Bonchev–Trinajstić information content (AvgIpc) is 3.12. The Balaban J connectivity index is 1.00. The quantitative estimate of drug-likeness (QED) is 0.152. The summed E-state index contributed by atoms with van der Waals surface area (Å²) in [4.78, 5) is 5.10. The van der Waals surface area contributed by atoms with Crippen molar-refractivity contribution < 1.29 is 32.9 Å². The van der Waals surface area contributed by atoms with Crippen molar-refractivity contribution in [2.45, 2.75) is 111 Å². The summed E-state index contributed by atoms with van der Waals surface area (Å²) in [6.07, 6.45) is 2.61. The van der Waals surface area contributed by atoms with Crippen LogP contribution in [0.5, 0.6) is 17.2 Å². The number of nitrogens with zero attached hydrogens (tertiary/aromatic N) is 4. The second-order valence-electron chi connectivity index (χ2n) is 25.1. The minimum atomic E-state index is -2.43. The van der Waals surface area contributed by atoms with Crippen LogP contribution in [0.2, 0.25) is 0 Å². The van der Waals surface area contributed by atoms with Gasteiger partial charge in [0.15, 0.2) is 0 Å². The number of ether oxygens (including phenoxy) is 2. The molecule has 1 aliphatic rings. The fraction of sp³-hybridized carbons (Fsp3) is 0.250. The summed E-state index contributed by atoms with van der Waals surface area (Å²) in [7, 11) is 0. The molecular formula is C72H70N4O2Pt. The van der Waals surface area contributed by atoms with Gasteiger partial charge in [0.1, 0.15) is 5.75 Å². The van der Waals surface area contributed by atoms with Gasteiger partial charge in [-0.05, 0) is 40.8 Å². The standard InChI is InChI=1S/C72H70N4O2.Pt/c1-46-36-67(73-44-60(46)48-28-30-50(31-29-48)69(2,3)4)76-64-41-55(32-33-58(64)59-42-61-66(43-65(59)76)77-35-34-72(61,11)12)78-54-23-18-22-53(40-54)74-45-75(63-27-17-16-26-62(63)74)68-56(47-20-14-13-15-21-47)24-19-25-57(68)49-37-51(70(5,6)7)39-52(38-49)71(8,9)10;/h13-33,36-44H,34-35H2,1-12H3;/i1D3;. The molecule has 0 N–H and O–H groups in total. The minimum absolute atomic E-state index is 0.0498. The van der Waals surface area contributed by atoms with Crippen molar-refractivity contribution >= 4 is 32.8 Å². The first-order valence-corrected chi connectivity index (χ1v) is 28.7. The van der Waals surface area contributed by atoms with Crippen LogP contribution in [0.3, 0.4) is 0 Å². The third-order valence-corrected chi connectivity index (χ3v) is 17.1. The van der Waals surface area contributed by atoms with Crippen LogP contribution in [0.4, 0.5) is 0 Å². The molecule has 0 unspecified atom stereocenters. The van der Waals surface area contributed by atoms with E-state index in [2.05, 4.69) is 249 Å². The molecule has 4 heterocycles. The predicted molar refractivity (Wildman–Crippen MR) is 325 cm³/mol. The van der Waals surface area contributed by atoms with Gasteiger partial charge in [-0.15, -0.1) is 0 Å². The van der Waals surface area contributed by atoms with E-state index < -0.39 is 6.85 Å². The van der Waals surface area contributed by atoms with Crippen molar-refractivity contribution in [1.29, 1.82) is 0 Å². The number of aromatic nitrogens is 4. The summed E-state index contributed by atoms with van der Waals surface area (Å²) in [6.45, 7) is 23.0. The van der Waals surface area contributed by atoms with Gasteiger partial charge >= 0.3 is 346 Å². The van der Waals surface area contributed by atoms with Gasteiger partial charge in [-0.1, -0.05) is 58.9 Å². The summed E-state index contributed by atoms with van der Waals surface area (Å²) in [5.41, 5.74) is 16.7. The molecule has 7 heteroatoms. The smallest absolute Gasteiger partial charge is 0.493 e. The van der Waals surface area contributed by atoms with Crippen LogP contribution < -0.4 is 9.47 Å². The van der Waals surface area contributed by atoms with Crippen molar-refractivity contribution in [3.05, 3.63) is 214 Å². The van der Waals surface area contributed by atoms with Crippen LogP contribution in [0, 0.1) is 10.7 Å². The number of fused-ring (bicyclic) bond motifs is 5. The van der Waals surface area contributed by atoms with Gasteiger partial charge in [0.25, 0.3) is 0 Å². The van der Waals surface area contributed by atoms with Crippen LogP contribution in [0.25, 0.3) is 83.4 Å². The Kier molecular flexibility index (Phi) is 11.9. The zero-order valence-electron chi connectivity index (χ0n) is 50.2. The second-order valence-corrected chi connectivity index (χ2v) is 26.2. The Morgan fingerprint density at radius 3 is 1.84 bits per heavy atom. The topological polar surface area (TPSA) is 46.1 Å². The molecule has 79 heavy (non-hydrogen) atoms. The summed E-state index contributed by atoms with van der Waals surface area (Å²) in [5.74, 6) is 2.60. The Morgan fingerprint density at radius 2 is 1.15 bits per heavy atom. The van der Waals surface area contributed by atoms with Crippen LogP contribution in [-0.4, -0.2) is 25.3 Å². The van der Waals surface area contributed by atoms with E-state index >= 15 is 0 Å². The molecule has 12 rings (SSSR count). The number of benzene rings is 8. The van der Waals surface area contributed by atoms with Crippen LogP contribution in [0.1, 0.15) is 115 Å². The predicted octanol–water partition coefficient (Wildman–Crippen LogP) is 19.0. The molecule has 0 saturated carbocycles. The summed E-state index contributed by atoms with van der Waals surface area (Å²) in [5, 5.41) is 2.02. The molecule has 400 valence electrons. The maximum atomic E-state index is 8.86. The molecule has 0 bridgehead atoms. The van der Waals surface area contributed by atoms with Crippen LogP contribution in [0.15, 0.2) is 182 Å². The SMILES string of the molecule is [2H]C([2H])([2H])c1cc(-n2c3cc(Oc4cccc(-n5[c](=[Pt])n(-c6c(-c7ccccc7)cccc6-c6cc(C(C)(C)C)cc(C(C)(C)C)c6)c6ccccc65)c4)ccc3c3cc4c(cc32)OCCC4(C)C)ncc1-c1ccc(C(C)(C)C)cc1. The number of imidazole rings is 1. The fourth-order valence-corrected chi connectivity index (χ4v) is 12.5. The first kappa shape index (κ1) is 48.6. The van der Waals surface area contributed by atoms with E-state index in [4.69, 9.17) is 18.6 Å². The van der Waals surface area contributed by atoms with Gasteiger partial charge in [-0.3, -0.25) is 0 Å². The van der Waals surface area contributed by atoms with E-state index in [1.807, 2.05) is 30.3 Å². The second kappa shape index (κ2) is 19.4. The van der Waals surface area contributed by atoms with Gasteiger partial charge in [0, 0.05) is 21.4 Å². The van der Waals surface area contributed by atoms with Gasteiger partial charge < -0.3 is 4.74 Å². The van der Waals surface area contributed by atoms with E-state index in [-0.39, 0.29) is 27.2 Å². The Labute approximate surface area is 481 Å². The van der Waals surface area contributed by atoms with Crippen LogP contribution >= 0.6 is 0 Å². The molecule has 6 nitrogen and oxygen atoms in total. The molecule has 0 saturated heterocycles. The van der Waals surface area contributed by atoms with E-state index in [0.717, 1.165) is 88.0 Å². The molecule has 8 aromatic carbocycles. The first-order chi connectivity index (χ1) is 38.8. The number of rotatable bonds is 8. The first-order valence-electron chi connectivity index (χ1n) is 29.0. The summed E-state index contributed by atoms with van der Waals surface area (Å²) < 4.78 is 47.7. The van der Waals surface area contributed by atoms with E-state index in [1.54, 1.807) is 12.3 Å². The van der Waals surface area contributed by atoms with Gasteiger partial charge in [-0.2, -0.15) is 0 Å².